The van der Waals surface area contributed by atoms with Crippen molar-refractivity contribution in [3.63, 3.8) is 0 Å². The first-order valence-corrected chi connectivity index (χ1v) is 5.82. The van der Waals surface area contributed by atoms with E-state index in [4.69, 9.17) is 4.74 Å². The zero-order valence-electron chi connectivity index (χ0n) is 10.1. The van der Waals surface area contributed by atoms with Crippen LogP contribution in [0.25, 0.3) is 0 Å². The van der Waals surface area contributed by atoms with Crippen molar-refractivity contribution >= 4 is 0 Å². The second-order valence-electron chi connectivity index (χ2n) is 4.14. The van der Waals surface area contributed by atoms with Crippen LogP contribution in [0.2, 0.25) is 0 Å². The maximum absolute atomic E-state index is 13.0. The smallest absolute Gasteiger partial charge is 0.126 e. The fourth-order valence-corrected chi connectivity index (χ4v) is 1.74. The maximum atomic E-state index is 13.0. The summed E-state index contributed by atoms with van der Waals surface area (Å²) in [6, 6.07) is 15.1. The van der Waals surface area contributed by atoms with Crippen LogP contribution in [0.3, 0.4) is 0 Å². The fourth-order valence-electron chi connectivity index (χ4n) is 1.74. The predicted octanol–water partition coefficient (Wildman–Crippen LogP) is 3.33. The van der Waals surface area contributed by atoms with E-state index in [2.05, 4.69) is 0 Å². The molecule has 0 bridgehead atoms. The van der Waals surface area contributed by atoms with Crippen molar-refractivity contribution in [2.75, 3.05) is 0 Å². The predicted molar refractivity (Wildman–Crippen MR) is 67.9 cm³/mol. The number of rotatable bonds is 4. The van der Waals surface area contributed by atoms with Gasteiger partial charge in [-0.15, -0.1) is 0 Å². The van der Waals surface area contributed by atoms with E-state index in [1.807, 2.05) is 30.3 Å². The van der Waals surface area contributed by atoms with E-state index in [9.17, 15) is 9.50 Å². The highest BCUT2D eigenvalue weighted by molar-refractivity contribution is 5.24. The molecule has 0 radical (unpaired) electrons. The molecule has 0 amide bonds. The summed E-state index contributed by atoms with van der Waals surface area (Å²) in [6.07, 6.45) is -1.19. The number of hydrogen-bond donors (Lipinski definition) is 1. The van der Waals surface area contributed by atoms with Crippen molar-refractivity contribution < 1.29 is 14.2 Å². The van der Waals surface area contributed by atoms with Crippen LogP contribution in [0.1, 0.15) is 18.6 Å². The van der Waals surface area contributed by atoms with Crippen LogP contribution in [0.5, 0.6) is 5.75 Å². The summed E-state index contributed by atoms with van der Waals surface area (Å²) in [6.45, 7) is 1.75. The van der Waals surface area contributed by atoms with Crippen LogP contribution >= 0.6 is 0 Å². The molecule has 2 aromatic rings. The Morgan fingerprint density at radius 3 is 2.44 bits per heavy atom. The average molecular weight is 246 g/mol. The van der Waals surface area contributed by atoms with Gasteiger partial charge >= 0.3 is 0 Å². The SMILES string of the molecule is CC(Oc1cccc(F)c1)C(O)c1ccccc1. The van der Waals surface area contributed by atoms with Gasteiger partial charge in [-0.1, -0.05) is 36.4 Å². The molecule has 0 aliphatic rings. The van der Waals surface area contributed by atoms with Gasteiger partial charge in [-0.25, -0.2) is 4.39 Å². The molecule has 2 aromatic carbocycles. The van der Waals surface area contributed by atoms with Gasteiger partial charge < -0.3 is 9.84 Å². The van der Waals surface area contributed by atoms with Crippen molar-refractivity contribution in [1.82, 2.24) is 0 Å². The standard InChI is InChI=1S/C15H15FO2/c1-11(15(17)12-6-3-2-4-7-12)18-14-9-5-8-13(16)10-14/h2-11,15,17H,1H3. The van der Waals surface area contributed by atoms with Crippen LogP contribution in [-0.4, -0.2) is 11.2 Å². The number of aliphatic hydroxyl groups is 1. The molecule has 3 heteroatoms. The van der Waals surface area contributed by atoms with E-state index in [1.54, 1.807) is 19.1 Å². The lowest BCUT2D eigenvalue weighted by atomic mass is 10.1. The number of halogens is 1. The molecule has 0 aliphatic heterocycles. The molecule has 0 aromatic heterocycles. The third kappa shape index (κ3) is 3.08. The van der Waals surface area contributed by atoms with Gasteiger partial charge in [-0.2, -0.15) is 0 Å². The Hall–Kier alpha value is -1.87. The zero-order valence-corrected chi connectivity index (χ0v) is 10.1. The molecule has 18 heavy (non-hydrogen) atoms. The number of aliphatic hydroxyl groups excluding tert-OH is 1. The van der Waals surface area contributed by atoms with Crippen LogP contribution in [0.15, 0.2) is 54.6 Å². The minimum absolute atomic E-state index is 0.353. The van der Waals surface area contributed by atoms with Gasteiger partial charge in [0.05, 0.1) is 0 Å². The molecule has 0 saturated heterocycles. The molecule has 0 spiro atoms. The van der Waals surface area contributed by atoms with Gasteiger partial charge in [0.2, 0.25) is 0 Å². The summed E-state index contributed by atoms with van der Waals surface area (Å²) in [5, 5.41) is 10.1. The molecule has 1 N–H and O–H groups in total. The Balaban J connectivity index is 2.06. The Kier molecular flexibility index (Phi) is 3.95. The minimum atomic E-state index is -0.741. The summed E-state index contributed by atoms with van der Waals surface area (Å²) >= 11 is 0. The third-order valence-electron chi connectivity index (χ3n) is 2.70. The lowest BCUT2D eigenvalue weighted by Gasteiger charge is -2.20. The molecule has 0 heterocycles. The topological polar surface area (TPSA) is 29.5 Å². The molecule has 2 rings (SSSR count). The number of ether oxygens (including phenoxy) is 1. The summed E-state index contributed by atoms with van der Waals surface area (Å²) in [4.78, 5) is 0. The lowest BCUT2D eigenvalue weighted by molar-refractivity contribution is 0.0466. The highest BCUT2D eigenvalue weighted by Gasteiger charge is 2.17. The minimum Gasteiger partial charge on any atom is -0.488 e. The van der Waals surface area contributed by atoms with Crippen molar-refractivity contribution in [3.8, 4) is 5.75 Å². The molecule has 2 atom stereocenters. The molecule has 2 nitrogen and oxygen atoms in total. The lowest BCUT2D eigenvalue weighted by Crippen LogP contribution is -2.21. The fraction of sp³-hybridized carbons (Fsp3) is 0.200. The van der Waals surface area contributed by atoms with E-state index in [1.165, 1.54) is 12.1 Å². The van der Waals surface area contributed by atoms with Gasteiger partial charge in [-0.05, 0) is 24.6 Å². The van der Waals surface area contributed by atoms with E-state index >= 15 is 0 Å². The highest BCUT2D eigenvalue weighted by atomic mass is 19.1. The van der Waals surface area contributed by atoms with Crippen LogP contribution in [0.4, 0.5) is 4.39 Å². The van der Waals surface area contributed by atoms with Gasteiger partial charge in [0.1, 0.15) is 23.8 Å². The summed E-state index contributed by atoms with van der Waals surface area (Å²) in [7, 11) is 0. The number of benzene rings is 2. The van der Waals surface area contributed by atoms with Gasteiger partial charge in [0, 0.05) is 6.07 Å². The van der Waals surface area contributed by atoms with Crippen LogP contribution < -0.4 is 4.74 Å². The average Bonchev–Trinajstić information content (AvgIpc) is 2.39. The van der Waals surface area contributed by atoms with Gasteiger partial charge in [0.15, 0.2) is 0 Å². The highest BCUT2D eigenvalue weighted by Crippen LogP contribution is 2.22. The number of hydrogen-bond acceptors (Lipinski definition) is 2. The van der Waals surface area contributed by atoms with Gasteiger partial charge in [0.25, 0.3) is 0 Å². The van der Waals surface area contributed by atoms with Crippen molar-refractivity contribution in [1.29, 1.82) is 0 Å². The second-order valence-corrected chi connectivity index (χ2v) is 4.14. The first-order valence-electron chi connectivity index (χ1n) is 5.82. The molecule has 0 saturated carbocycles. The zero-order chi connectivity index (χ0) is 13.0. The molecule has 0 fully saturated rings. The largest absolute Gasteiger partial charge is 0.488 e. The molecule has 94 valence electrons. The van der Waals surface area contributed by atoms with Crippen molar-refractivity contribution in [2.24, 2.45) is 0 Å². The molecule has 0 aliphatic carbocycles. The molecular formula is C15H15FO2. The first kappa shape index (κ1) is 12.6. The van der Waals surface area contributed by atoms with E-state index in [0.717, 1.165) is 5.56 Å². The Bertz CT molecular complexity index is 499. The molecule has 2 unspecified atom stereocenters. The quantitative estimate of drug-likeness (QED) is 0.896. The Labute approximate surface area is 106 Å². The van der Waals surface area contributed by atoms with Crippen molar-refractivity contribution in [3.05, 3.63) is 66.0 Å². The van der Waals surface area contributed by atoms with Crippen molar-refractivity contribution in [2.45, 2.75) is 19.1 Å². The van der Waals surface area contributed by atoms with Crippen LogP contribution in [-0.2, 0) is 0 Å². The van der Waals surface area contributed by atoms with Crippen LogP contribution in [0, 0.1) is 5.82 Å². The van der Waals surface area contributed by atoms with E-state index < -0.39 is 12.2 Å². The second kappa shape index (κ2) is 5.65. The van der Waals surface area contributed by atoms with E-state index in [0.29, 0.717) is 5.75 Å². The Morgan fingerprint density at radius 2 is 1.78 bits per heavy atom. The summed E-state index contributed by atoms with van der Waals surface area (Å²) < 4.78 is 18.5. The summed E-state index contributed by atoms with van der Waals surface area (Å²) in [5.74, 6) is 0.0615. The maximum Gasteiger partial charge on any atom is 0.126 e. The van der Waals surface area contributed by atoms with Gasteiger partial charge in [-0.3, -0.25) is 0 Å². The van der Waals surface area contributed by atoms with E-state index in [-0.39, 0.29) is 5.82 Å². The summed E-state index contributed by atoms with van der Waals surface area (Å²) in [5.41, 5.74) is 0.779. The first-order chi connectivity index (χ1) is 8.66. The molecular weight excluding hydrogens is 231 g/mol. The Morgan fingerprint density at radius 1 is 1.06 bits per heavy atom. The third-order valence-corrected chi connectivity index (χ3v) is 2.70. The monoisotopic (exact) mass is 246 g/mol. The normalized spacial score (nSPS) is 13.9.